The van der Waals surface area contributed by atoms with Crippen LogP contribution in [0.3, 0.4) is 0 Å². The molecule has 4 rings (SSSR count). The summed E-state index contributed by atoms with van der Waals surface area (Å²) >= 11 is 6.09. The normalized spacial score (nSPS) is 16.5. The zero-order valence-electron chi connectivity index (χ0n) is 16.9. The van der Waals surface area contributed by atoms with Crippen LogP contribution in [0.25, 0.3) is 0 Å². The first kappa shape index (κ1) is 21.5. The zero-order valence-corrected chi connectivity index (χ0v) is 18.4. The van der Waals surface area contributed by atoms with Gasteiger partial charge in [-0.05, 0) is 41.5 Å². The Hall–Kier alpha value is -2.69. The number of hydrogen-bond donors (Lipinski definition) is 0. The number of nitrogens with zero attached hydrogens (tertiary/aromatic N) is 3. The maximum absolute atomic E-state index is 13.1. The molecule has 0 N–H and O–H groups in total. The molecule has 3 aromatic rings. The summed E-state index contributed by atoms with van der Waals surface area (Å²) in [4.78, 5) is 2.47. The molecular weight excluding hydrogens is 430 g/mol. The Morgan fingerprint density at radius 2 is 1.48 bits per heavy atom. The smallest absolute Gasteiger partial charge is 0.243 e. The molecular formula is C24H22ClN3O2S. The molecule has 0 amide bonds. The van der Waals surface area contributed by atoms with Crippen molar-refractivity contribution < 1.29 is 8.42 Å². The fourth-order valence-corrected chi connectivity index (χ4v) is 5.57. The van der Waals surface area contributed by atoms with E-state index in [1.54, 1.807) is 18.2 Å². The lowest BCUT2D eigenvalue weighted by Crippen LogP contribution is -2.49. The number of sulfonamides is 1. The highest BCUT2D eigenvalue weighted by Gasteiger charge is 2.32. The van der Waals surface area contributed by atoms with Crippen LogP contribution in [0.15, 0.2) is 83.8 Å². The van der Waals surface area contributed by atoms with E-state index < -0.39 is 10.0 Å². The van der Waals surface area contributed by atoms with Crippen molar-refractivity contribution in [3.05, 3.63) is 101 Å². The lowest BCUT2D eigenvalue weighted by molar-refractivity contribution is 0.156. The van der Waals surface area contributed by atoms with Crippen molar-refractivity contribution >= 4 is 21.6 Å². The minimum atomic E-state index is -3.64. The first-order valence-electron chi connectivity index (χ1n) is 10.0. The van der Waals surface area contributed by atoms with Crippen LogP contribution in [0.5, 0.6) is 0 Å². The molecule has 7 heteroatoms. The first-order chi connectivity index (χ1) is 15.0. The van der Waals surface area contributed by atoms with Crippen molar-refractivity contribution in [1.82, 2.24) is 9.21 Å². The van der Waals surface area contributed by atoms with Gasteiger partial charge in [-0.25, -0.2) is 8.42 Å². The average molecular weight is 452 g/mol. The van der Waals surface area contributed by atoms with Gasteiger partial charge in [0.2, 0.25) is 10.0 Å². The molecule has 1 unspecified atom stereocenters. The summed E-state index contributed by atoms with van der Waals surface area (Å²) in [5.41, 5.74) is 2.61. The van der Waals surface area contributed by atoms with Crippen LogP contribution in [-0.2, 0) is 10.0 Å². The van der Waals surface area contributed by atoms with E-state index in [4.69, 9.17) is 16.9 Å². The van der Waals surface area contributed by atoms with Crippen LogP contribution in [0.4, 0.5) is 0 Å². The fraction of sp³-hybridized carbons (Fsp3) is 0.208. The summed E-state index contributed by atoms with van der Waals surface area (Å²) in [6.45, 7) is 1.96. The van der Waals surface area contributed by atoms with Gasteiger partial charge in [0.1, 0.15) is 0 Å². The Balaban J connectivity index is 1.56. The predicted molar refractivity (Wildman–Crippen MR) is 121 cm³/mol. The van der Waals surface area contributed by atoms with Crippen molar-refractivity contribution in [2.24, 2.45) is 0 Å². The molecule has 0 aromatic heterocycles. The quantitative estimate of drug-likeness (QED) is 0.580. The van der Waals surface area contributed by atoms with Gasteiger partial charge in [0.05, 0.1) is 22.6 Å². The first-order valence-corrected chi connectivity index (χ1v) is 11.9. The molecule has 1 aliphatic heterocycles. The third-order valence-electron chi connectivity index (χ3n) is 5.54. The highest BCUT2D eigenvalue weighted by molar-refractivity contribution is 7.89. The molecule has 31 heavy (non-hydrogen) atoms. The van der Waals surface area contributed by atoms with Gasteiger partial charge in [-0.15, -0.1) is 0 Å². The number of hydrogen-bond acceptors (Lipinski definition) is 4. The van der Waals surface area contributed by atoms with Gasteiger partial charge < -0.3 is 0 Å². The SMILES string of the molecule is N#Cc1cccc(S(=O)(=O)N2CCN(C(c3ccccc3)c3ccc(Cl)cc3)CC2)c1. The highest BCUT2D eigenvalue weighted by Crippen LogP contribution is 2.31. The molecule has 0 bridgehead atoms. The number of benzene rings is 3. The minimum Gasteiger partial charge on any atom is -0.290 e. The van der Waals surface area contributed by atoms with Gasteiger partial charge in [-0.1, -0.05) is 60.1 Å². The number of halogens is 1. The van der Waals surface area contributed by atoms with Crippen LogP contribution in [0.1, 0.15) is 22.7 Å². The van der Waals surface area contributed by atoms with E-state index >= 15 is 0 Å². The van der Waals surface area contributed by atoms with Gasteiger partial charge in [0.25, 0.3) is 0 Å². The molecule has 0 saturated carbocycles. The van der Waals surface area contributed by atoms with Crippen molar-refractivity contribution in [3.8, 4) is 6.07 Å². The Morgan fingerprint density at radius 3 is 2.13 bits per heavy atom. The van der Waals surface area contributed by atoms with Crippen molar-refractivity contribution in [3.63, 3.8) is 0 Å². The number of piperazine rings is 1. The minimum absolute atomic E-state index is 0.0187. The van der Waals surface area contributed by atoms with Crippen LogP contribution in [-0.4, -0.2) is 43.8 Å². The van der Waals surface area contributed by atoms with E-state index in [0.29, 0.717) is 36.8 Å². The van der Waals surface area contributed by atoms with Gasteiger partial charge in [-0.2, -0.15) is 9.57 Å². The molecule has 1 saturated heterocycles. The zero-order chi connectivity index (χ0) is 21.8. The maximum atomic E-state index is 13.1. The second-order valence-corrected chi connectivity index (χ2v) is 9.82. The van der Waals surface area contributed by atoms with E-state index in [2.05, 4.69) is 17.0 Å². The summed E-state index contributed by atoms with van der Waals surface area (Å²) in [5, 5.41) is 9.78. The number of rotatable bonds is 5. The molecule has 0 aliphatic carbocycles. The standard InChI is InChI=1S/C24H22ClN3O2S/c25-22-11-9-21(10-12-22)24(20-6-2-1-3-7-20)27-13-15-28(16-14-27)31(29,30)23-8-4-5-19(17-23)18-26/h1-12,17,24H,13-16H2. The molecule has 5 nitrogen and oxygen atoms in total. The van der Waals surface area contributed by atoms with Crippen LogP contribution >= 0.6 is 11.6 Å². The maximum Gasteiger partial charge on any atom is 0.243 e. The Bertz CT molecular complexity index is 1180. The molecule has 1 heterocycles. The second-order valence-electron chi connectivity index (χ2n) is 7.44. The molecule has 0 spiro atoms. The van der Waals surface area contributed by atoms with Gasteiger partial charge in [0, 0.05) is 31.2 Å². The Morgan fingerprint density at radius 1 is 0.839 bits per heavy atom. The molecule has 1 aliphatic rings. The van der Waals surface area contributed by atoms with Crippen molar-refractivity contribution in [1.29, 1.82) is 5.26 Å². The topological polar surface area (TPSA) is 64.4 Å². The summed E-state index contributed by atoms with van der Waals surface area (Å²) in [7, 11) is -3.64. The lowest BCUT2D eigenvalue weighted by Gasteiger charge is -2.39. The predicted octanol–water partition coefficient (Wildman–Crippen LogP) is 4.31. The second kappa shape index (κ2) is 9.21. The average Bonchev–Trinajstić information content (AvgIpc) is 2.81. The fourth-order valence-electron chi connectivity index (χ4n) is 3.97. The third-order valence-corrected chi connectivity index (χ3v) is 7.69. The lowest BCUT2D eigenvalue weighted by atomic mass is 9.96. The summed E-state index contributed by atoms with van der Waals surface area (Å²) in [6, 6.07) is 26.2. The van der Waals surface area contributed by atoms with Gasteiger partial charge in [-0.3, -0.25) is 4.90 Å². The van der Waals surface area contributed by atoms with Crippen molar-refractivity contribution in [2.45, 2.75) is 10.9 Å². The molecule has 0 radical (unpaired) electrons. The molecule has 1 atom stereocenters. The molecule has 158 valence electrons. The Labute approximate surface area is 188 Å². The van der Waals surface area contributed by atoms with E-state index in [0.717, 1.165) is 11.1 Å². The van der Waals surface area contributed by atoms with E-state index in [1.807, 2.05) is 48.5 Å². The van der Waals surface area contributed by atoms with Crippen LogP contribution in [0, 0.1) is 11.3 Å². The van der Waals surface area contributed by atoms with E-state index in [1.165, 1.54) is 10.4 Å². The Kier molecular flexibility index (Phi) is 6.40. The summed E-state index contributed by atoms with van der Waals surface area (Å²) in [5.74, 6) is 0. The van der Waals surface area contributed by atoms with Gasteiger partial charge >= 0.3 is 0 Å². The van der Waals surface area contributed by atoms with Crippen LogP contribution in [0.2, 0.25) is 5.02 Å². The van der Waals surface area contributed by atoms with Crippen LogP contribution < -0.4 is 0 Å². The largest absolute Gasteiger partial charge is 0.290 e. The molecule has 1 fully saturated rings. The third kappa shape index (κ3) is 4.65. The van der Waals surface area contributed by atoms with Crippen molar-refractivity contribution in [2.75, 3.05) is 26.2 Å². The molecule has 3 aromatic carbocycles. The summed E-state index contributed by atoms with van der Waals surface area (Å²) < 4.78 is 27.7. The summed E-state index contributed by atoms with van der Waals surface area (Å²) in [6.07, 6.45) is 0. The monoisotopic (exact) mass is 451 g/mol. The highest BCUT2D eigenvalue weighted by atomic mass is 35.5. The van der Waals surface area contributed by atoms with E-state index in [-0.39, 0.29) is 10.9 Å². The van der Waals surface area contributed by atoms with Gasteiger partial charge in [0.15, 0.2) is 0 Å². The number of nitriles is 1. The van der Waals surface area contributed by atoms with E-state index in [9.17, 15) is 8.42 Å².